The van der Waals surface area contributed by atoms with E-state index in [1.54, 1.807) is 0 Å². The van der Waals surface area contributed by atoms with Crippen molar-refractivity contribution in [2.24, 2.45) is 5.92 Å². The molecule has 2 aromatic heterocycles. The van der Waals surface area contributed by atoms with Crippen molar-refractivity contribution in [1.29, 1.82) is 0 Å². The molecule has 2 aliphatic heterocycles. The highest BCUT2D eigenvalue weighted by Gasteiger charge is 2.17. The van der Waals surface area contributed by atoms with Crippen molar-refractivity contribution in [3.05, 3.63) is 46.8 Å². The molecule has 2 aliphatic rings. The lowest BCUT2D eigenvalue weighted by atomic mass is 9.97. The minimum Gasteiger partial charge on any atom is -0.370 e. The summed E-state index contributed by atoms with van der Waals surface area (Å²) in [6, 6.07) is 9.37. The van der Waals surface area contributed by atoms with Gasteiger partial charge in [-0.1, -0.05) is 46.8 Å². The summed E-state index contributed by atoms with van der Waals surface area (Å²) < 4.78 is 0. The molecule has 29 heavy (non-hydrogen) atoms. The molecule has 4 nitrogen and oxygen atoms in total. The van der Waals surface area contributed by atoms with E-state index in [9.17, 15) is 0 Å². The van der Waals surface area contributed by atoms with Gasteiger partial charge in [-0.3, -0.25) is 0 Å². The van der Waals surface area contributed by atoms with Crippen LogP contribution >= 0.6 is 0 Å². The molecule has 0 bridgehead atoms. The Morgan fingerprint density at radius 3 is 2.38 bits per heavy atom. The molecule has 3 unspecified atom stereocenters. The van der Waals surface area contributed by atoms with Gasteiger partial charge < -0.3 is 10.6 Å². The van der Waals surface area contributed by atoms with Gasteiger partial charge in [-0.15, -0.1) is 0 Å². The van der Waals surface area contributed by atoms with Gasteiger partial charge in [0.05, 0.1) is 0 Å². The van der Waals surface area contributed by atoms with Gasteiger partial charge in [0.2, 0.25) is 0 Å². The van der Waals surface area contributed by atoms with E-state index in [1.165, 1.54) is 28.9 Å². The molecule has 3 atom stereocenters. The highest BCUT2D eigenvalue weighted by Crippen LogP contribution is 2.26. The van der Waals surface area contributed by atoms with Crippen molar-refractivity contribution < 1.29 is 0 Å². The SMILES string of the molecule is CC1CNc2nc(C(C)C)ccc2C1.CCC(C)c1ccc2c(n1)NC(C)CC2. The van der Waals surface area contributed by atoms with E-state index in [0.717, 1.165) is 43.4 Å². The van der Waals surface area contributed by atoms with E-state index in [-0.39, 0.29) is 0 Å². The molecule has 158 valence electrons. The number of aromatic nitrogens is 2. The van der Waals surface area contributed by atoms with Crippen molar-refractivity contribution in [3.8, 4) is 0 Å². The van der Waals surface area contributed by atoms with Gasteiger partial charge in [0, 0.05) is 24.0 Å². The number of nitrogens with one attached hydrogen (secondary N) is 2. The second-order valence-electron chi connectivity index (χ2n) is 9.23. The van der Waals surface area contributed by atoms with Gasteiger partial charge in [-0.2, -0.15) is 0 Å². The molecule has 2 N–H and O–H groups in total. The predicted octanol–water partition coefficient (Wildman–Crippen LogP) is 6.15. The van der Waals surface area contributed by atoms with Gasteiger partial charge >= 0.3 is 0 Å². The summed E-state index contributed by atoms with van der Waals surface area (Å²) in [4.78, 5) is 9.36. The zero-order valence-corrected chi connectivity index (χ0v) is 19.0. The van der Waals surface area contributed by atoms with E-state index in [2.05, 4.69) is 81.4 Å². The van der Waals surface area contributed by atoms with Gasteiger partial charge in [0.25, 0.3) is 0 Å². The molecule has 4 heterocycles. The highest BCUT2D eigenvalue weighted by atomic mass is 15.0. The molecular formula is C25H38N4. The monoisotopic (exact) mass is 394 g/mol. The average molecular weight is 395 g/mol. The topological polar surface area (TPSA) is 49.8 Å². The third-order valence-corrected chi connectivity index (χ3v) is 6.13. The maximum Gasteiger partial charge on any atom is 0.129 e. The van der Waals surface area contributed by atoms with Gasteiger partial charge in [0.15, 0.2) is 0 Å². The molecule has 4 heteroatoms. The lowest BCUT2D eigenvalue weighted by Crippen LogP contribution is -2.23. The molecule has 0 saturated heterocycles. The van der Waals surface area contributed by atoms with Crippen molar-refractivity contribution in [1.82, 2.24) is 9.97 Å². The Hall–Kier alpha value is -2.10. The second-order valence-corrected chi connectivity index (χ2v) is 9.23. The first kappa shape index (κ1) is 21.6. The van der Waals surface area contributed by atoms with Crippen LogP contribution in [0.3, 0.4) is 0 Å². The molecule has 2 aromatic rings. The Morgan fingerprint density at radius 1 is 0.966 bits per heavy atom. The summed E-state index contributed by atoms with van der Waals surface area (Å²) in [5, 5.41) is 6.86. The van der Waals surface area contributed by atoms with Crippen LogP contribution in [0.2, 0.25) is 0 Å². The number of pyridine rings is 2. The van der Waals surface area contributed by atoms with Crippen molar-refractivity contribution in [2.75, 3.05) is 17.2 Å². The van der Waals surface area contributed by atoms with Crippen LogP contribution in [0.5, 0.6) is 0 Å². The normalized spacial score (nSPS) is 21.1. The molecule has 0 radical (unpaired) electrons. The number of nitrogens with zero attached hydrogens (tertiary/aromatic N) is 2. The van der Waals surface area contributed by atoms with E-state index < -0.39 is 0 Å². The maximum absolute atomic E-state index is 4.72. The molecule has 0 aromatic carbocycles. The summed E-state index contributed by atoms with van der Waals surface area (Å²) >= 11 is 0. The van der Waals surface area contributed by atoms with Gasteiger partial charge in [-0.05, 0) is 73.6 Å². The molecule has 4 rings (SSSR count). The first-order valence-electron chi connectivity index (χ1n) is 11.4. The van der Waals surface area contributed by atoms with Gasteiger partial charge in [0.1, 0.15) is 11.6 Å². The van der Waals surface area contributed by atoms with Gasteiger partial charge in [-0.25, -0.2) is 9.97 Å². The van der Waals surface area contributed by atoms with Crippen molar-refractivity contribution >= 4 is 11.6 Å². The third-order valence-electron chi connectivity index (χ3n) is 6.13. The smallest absolute Gasteiger partial charge is 0.129 e. The molecule has 0 aliphatic carbocycles. The standard InChI is InChI=1S/C13H20N2.C12H18N2/c1-4-9(2)12-8-7-11-6-5-10(3)14-13(11)15-12;1-8(2)11-5-4-10-6-9(3)7-13-12(10)14-11/h7-10H,4-6H2,1-3H3,(H,14,15);4-5,8-9H,6-7H2,1-3H3,(H,13,14). The predicted molar refractivity (Wildman–Crippen MR) is 124 cm³/mol. The number of rotatable bonds is 3. The van der Waals surface area contributed by atoms with E-state index >= 15 is 0 Å². The number of anilines is 2. The van der Waals surface area contributed by atoms with E-state index in [1.807, 2.05) is 0 Å². The summed E-state index contributed by atoms with van der Waals surface area (Å²) in [5.74, 6) is 4.03. The fourth-order valence-electron chi connectivity index (χ4n) is 3.85. The van der Waals surface area contributed by atoms with Crippen LogP contribution in [0, 0.1) is 5.92 Å². The lowest BCUT2D eigenvalue weighted by Gasteiger charge is -2.24. The first-order valence-corrected chi connectivity index (χ1v) is 11.4. The zero-order valence-electron chi connectivity index (χ0n) is 19.0. The van der Waals surface area contributed by atoms with Crippen LogP contribution in [-0.2, 0) is 12.8 Å². The van der Waals surface area contributed by atoms with E-state index in [0.29, 0.717) is 17.9 Å². The fourth-order valence-corrected chi connectivity index (χ4v) is 3.85. The van der Waals surface area contributed by atoms with E-state index in [4.69, 9.17) is 4.98 Å². The Balaban J connectivity index is 0.000000166. The van der Waals surface area contributed by atoms with Crippen LogP contribution in [0.15, 0.2) is 24.3 Å². The fraction of sp³-hybridized carbons (Fsp3) is 0.600. The first-order chi connectivity index (χ1) is 13.9. The minimum absolute atomic E-state index is 0.515. The molecule has 0 amide bonds. The summed E-state index contributed by atoms with van der Waals surface area (Å²) in [5.41, 5.74) is 5.15. The maximum atomic E-state index is 4.72. The van der Waals surface area contributed by atoms with Crippen LogP contribution < -0.4 is 10.6 Å². The largest absolute Gasteiger partial charge is 0.370 e. The number of aryl methyl sites for hydroxylation is 1. The molecular weight excluding hydrogens is 356 g/mol. The van der Waals surface area contributed by atoms with Crippen LogP contribution in [0.4, 0.5) is 11.6 Å². The Labute approximate surface area is 176 Å². The quantitative estimate of drug-likeness (QED) is 0.655. The molecule has 0 saturated carbocycles. The summed E-state index contributed by atoms with van der Waals surface area (Å²) in [6.07, 6.45) is 4.70. The van der Waals surface area contributed by atoms with Crippen molar-refractivity contribution in [3.63, 3.8) is 0 Å². The summed E-state index contributed by atoms with van der Waals surface area (Å²) in [7, 11) is 0. The average Bonchev–Trinajstić information content (AvgIpc) is 2.72. The Morgan fingerprint density at radius 2 is 1.66 bits per heavy atom. The Bertz CT molecular complexity index is 814. The summed E-state index contributed by atoms with van der Waals surface area (Å²) in [6.45, 7) is 14.4. The Kier molecular flexibility index (Phi) is 7.15. The minimum atomic E-state index is 0.515. The highest BCUT2D eigenvalue weighted by molar-refractivity contribution is 5.49. The molecule has 0 spiro atoms. The van der Waals surface area contributed by atoms with Crippen molar-refractivity contribution in [2.45, 2.75) is 85.1 Å². The van der Waals surface area contributed by atoms with Crippen LogP contribution in [-0.4, -0.2) is 22.6 Å². The number of hydrogen-bond acceptors (Lipinski definition) is 4. The second kappa shape index (κ2) is 9.60. The van der Waals surface area contributed by atoms with Crippen LogP contribution in [0.1, 0.15) is 88.7 Å². The van der Waals surface area contributed by atoms with Crippen LogP contribution in [0.25, 0.3) is 0 Å². The third kappa shape index (κ3) is 5.49. The number of fused-ring (bicyclic) bond motifs is 2. The lowest BCUT2D eigenvalue weighted by molar-refractivity contribution is 0.589. The zero-order chi connectivity index (χ0) is 21.0. The molecule has 0 fully saturated rings. The number of hydrogen-bond donors (Lipinski definition) is 2.